The molecule has 0 spiro atoms. The van der Waals surface area contributed by atoms with Crippen molar-refractivity contribution in [2.24, 2.45) is 10.2 Å². The highest BCUT2D eigenvalue weighted by atomic mass is 15.4. The van der Waals surface area contributed by atoms with Crippen molar-refractivity contribution >= 4 is 23.1 Å². The summed E-state index contributed by atoms with van der Waals surface area (Å²) in [5.74, 6) is 1.83. The van der Waals surface area contributed by atoms with Gasteiger partial charge in [0.25, 0.3) is 5.95 Å². The lowest BCUT2D eigenvalue weighted by Crippen LogP contribution is -2.01. The van der Waals surface area contributed by atoms with Crippen molar-refractivity contribution in [3.05, 3.63) is 41.9 Å². The van der Waals surface area contributed by atoms with Crippen LogP contribution >= 0.6 is 0 Å². The average Bonchev–Trinajstić information content (AvgIpc) is 3.10. The Morgan fingerprint density at radius 1 is 1.15 bits per heavy atom. The molecule has 0 unspecified atom stereocenters. The van der Waals surface area contributed by atoms with Gasteiger partial charge >= 0.3 is 0 Å². The van der Waals surface area contributed by atoms with Gasteiger partial charge in [0.05, 0.1) is 6.20 Å². The number of hydrogen-bond acceptors (Lipinski definition) is 9. The van der Waals surface area contributed by atoms with Gasteiger partial charge in [0.1, 0.15) is 23.1 Å². The summed E-state index contributed by atoms with van der Waals surface area (Å²) in [5.41, 5.74) is 1.71. The Morgan fingerprint density at radius 2 is 1.92 bits per heavy atom. The molecule has 0 aromatic carbocycles. The maximum absolute atomic E-state index is 9.32. The molecule has 0 aliphatic heterocycles. The topological polar surface area (TPSA) is 129 Å². The van der Waals surface area contributed by atoms with Gasteiger partial charge in [0, 0.05) is 26.5 Å². The van der Waals surface area contributed by atoms with E-state index >= 15 is 0 Å². The van der Waals surface area contributed by atoms with Crippen LogP contribution in [0.1, 0.15) is 11.1 Å². The summed E-state index contributed by atoms with van der Waals surface area (Å²) in [6, 6.07) is 5.60. The lowest BCUT2D eigenvalue weighted by molar-refractivity contribution is 0.803. The van der Waals surface area contributed by atoms with E-state index in [0.29, 0.717) is 23.3 Å². The van der Waals surface area contributed by atoms with Crippen molar-refractivity contribution in [1.82, 2.24) is 24.7 Å². The third-order valence-electron chi connectivity index (χ3n) is 3.53. The number of anilines is 2. The van der Waals surface area contributed by atoms with E-state index in [1.54, 1.807) is 32.6 Å². The quantitative estimate of drug-likeness (QED) is 0.678. The molecule has 0 amide bonds. The summed E-state index contributed by atoms with van der Waals surface area (Å²) in [6.07, 6.45) is 4.57. The molecule has 130 valence electrons. The molecular formula is C16H16N10. The Morgan fingerprint density at radius 3 is 2.58 bits per heavy atom. The molecule has 10 heteroatoms. The van der Waals surface area contributed by atoms with E-state index in [2.05, 4.69) is 40.9 Å². The first-order valence-electron chi connectivity index (χ1n) is 7.72. The zero-order valence-electron chi connectivity index (χ0n) is 14.5. The van der Waals surface area contributed by atoms with E-state index < -0.39 is 0 Å². The van der Waals surface area contributed by atoms with Crippen LogP contribution < -0.4 is 10.6 Å². The molecule has 2 N–H and O–H groups in total. The maximum atomic E-state index is 9.32. The number of nitrogens with one attached hydrogen (secondary N) is 2. The number of hydrogen-bond donors (Lipinski definition) is 2. The Kier molecular flexibility index (Phi) is 4.80. The van der Waals surface area contributed by atoms with Gasteiger partial charge in [-0.1, -0.05) is 0 Å². The molecule has 3 rings (SSSR count). The molecule has 0 saturated heterocycles. The summed E-state index contributed by atoms with van der Waals surface area (Å²) >= 11 is 0. The normalized spacial score (nSPS) is 10.7. The minimum atomic E-state index is 0.248. The molecule has 0 atom stereocenters. The van der Waals surface area contributed by atoms with E-state index in [-0.39, 0.29) is 11.4 Å². The molecule has 3 aromatic rings. The van der Waals surface area contributed by atoms with E-state index in [4.69, 9.17) is 0 Å². The fourth-order valence-corrected chi connectivity index (χ4v) is 2.26. The summed E-state index contributed by atoms with van der Waals surface area (Å²) in [6.45, 7) is 1.90. The third-order valence-corrected chi connectivity index (χ3v) is 3.53. The Hall–Kier alpha value is -3.87. The van der Waals surface area contributed by atoms with Gasteiger partial charge < -0.3 is 10.6 Å². The smallest absolute Gasteiger partial charge is 0.252 e. The first-order valence-corrected chi connectivity index (χ1v) is 7.72. The zero-order valence-corrected chi connectivity index (χ0v) is 14.5. The van der Waals surface area contributed by atoms with Crippen LogP contribution in [-0.4, -0.2) is 38.8 Å². The minimum absolute atomic E-state index is 0.248. The molecular weight excluding hydrogens is 332 g/mol. The van der Waals surface area contributed by atoms with Crippen LogP contribution in [0.4, 0.5) is 23.1 Å². The van der Waals surface area contributed by atoms with Crippen molar-refractivity contribution in [1.29, 1.82) is 5.26 Å². The Labute approximate surface area is 149 Å². The highest BCUT2D eigenvalue weighted by molar-refractivity contribution is 5.68. The predicted octanol–water partition coefficient (Wildman–Crippen LogP) is 2.74. The lowest BCUT2D eigenvalue weighted by atomic mass is 10.2. The predicted molar refractivity (Wildman–Crippen MR) is 96.1 cm³/mol. The van der Waals surface area contributed by atoms with Gasteiger partial charge in [-0.25, -0.2) is 15.0 Å². The fourth-order valence-electron chi connectivity index (χ4n) is 2.26. The molecule has 26 heavy (non-hydrogen) atoms. The molecule has 0 aliphatic rings. The first kappa shape index (κ1) is 17.0. The second-order valence-corrected chi connectivity index (χ2v) is 5.18. The third kappa shape index (κ3) is 3.18. The monoisotopic (exact) mass is 348 g/mol. The van der Waals surface area contributed by atoms with E-state index in [9.17, 15) is 5.26 Å². The van der Waals surface area contributed by atoms with Crippen molar-refractivity contribution in [2.75, 3.05) is 24.7 Å². The second kappa shape index (κ2) is 7.35. The highest BCUT2D eigenvalue weighted by Crippen LogP contribution is 2.31. The van der Waals surface area contributed by atoms with Crippen molar-refractivity contribution in [2.45, 2.75) is 6.92 Å². The molecule has 10 nitrogen and oxygen atoms in total. The standard InChI is InChI=1S/C16H16N10/c1-10-7-12(18-2)23-14(19-3)13(10)24-25-15-11(8-17)9-22-26(15)16-20-5-4-6-21-16/h4-7,9H,1-3H3,(H2,18,19,23)/b25-24+. The zero-order chi connectivity index (χ0) is 18.5. The van der Waals surface area contributed by atoms with Crippen molar-refractivity contribution in [3.63, 3.8) is 0 Å². The number of aryl methyl sites for hydroxylation is 1. The highest BCUT2D eigenvalue weighted by Gasteiger charge is 2.15. The van der Waals surface area contributed by atoms with Crippen LogP contribution in [0.3, 0.4) is 0 Å². The minimum Gasteiger partial charge on any atom is -0.373 e. The Bertz CT molecular complexity index is 984. The SMILES string of the molecule is CNc1cc(C)c(/N=N/c2c(C#N)cnn2-c2ncccn2)c(NC)n1. The maximum Gasteiger partial charge on any atom is 0.252 e. The van der Waals surface area contributed by atoms with E-state index in [1.165, 1.54) is 10.9 Å². The van der Waals surface area contributed by atoms with Gasteiger partial charge in [0.15, 0.2) is 11.6 Å². The van der Waals surface area contributed by atoms with Crippen LogP contribution in [0.5, 0.6) is 0 Å². The van der Waals surface area contributed by atoms with Gasteiger partial charge in [-0.05, 0) is 24.6 Å². The van der Waals surface area contributed by atoms with Crippen LogP contribution in [0.25, 0.3) is 5.95 Å². The van der Waals surface area contributed by atoms with Crippen molar-refractivity contribution < 1.29 is 0 Å². The number of nitriles is 1. The summed E-state index contributed by atoms with van der Waals surface area (Å²) in [5, 5.41) is 28.0. The van der Waals surface area contributed by atoms with Crippen LogP contribution in [-0.2, 0) is 0 Å². The summed E-state index contributed by atoms with van der Waals surface area (Å²) in [7, 11) is 3.54. The number of aromatic nitrogens is 5. The van der Waals surface area contributed by atoms with Gasteiger partial charge in [-0.15, -0.1) is 10.2 Å². The van der Waals surface area contributed by atoms with Gasteiger partial charge in [-0.3, -0.25) is 0 Å². The first-order chi connectivity index (χ1) is 12.7. The van der Waals surface area contributed by atoms with Crippen LogP contribution in [0.15, 0.2) is 41.0 Å². The largest absolute Gasteiger partial charge is 0.373 e. The van der Waals surface area contributed by atoms with E-state index in [0.717, 1.165) is 5.56 Å². The molecule has 3 heterocycles. The summed E-state index contributed by atoms with van der Waals surface area (Å²) < 4.78 is 1.37. The fraction of sp³-hybridized carbons (Fsp3) is 0.188. The number of azo groups is 1. The molecule has 0 fully saturated rings. The Balaban J connectivity index is 2.08. The number of nitrogens with zero attached hydrogens (tertiary/aromatic N) is 8. The van der Waals surface area contributed by atoms with Crippen molar-refractivity contribution in [3.8, 4) is 12.0 Å². The molecule has 3 aromatic heterocycles. The van der Waals surface area contributed by atoms with E-state index in [1.807, 2.05) is 19.1 Å². The lowest BCUT2D eigenvalue weighted by Gasteiger charge is -2.09. The summed E-state index contributed by atoms with van der Waals surface area (Å²) in [4.78, 5) is 12.7. The molecule has 0 saturated carbocycles. The van der Waals surface area contributed by atoms with Gasteiger partial charge in [-0.2, -0.15) is 15.0 Å². The number of pyridine rings is 1. The molecule has 0 aliphatic carbocycles. The average molecular weight is 348 g/mol. The molecule has 0 bridgehead atoms. The van der Waals surface area contributed by atoms with Crippen LogP contribution in [0.2, 0.25) is 0 Å². The second-order valence-electron chi connectivity index (χ2n) is 5.18. The molecule has 0 radical (unpaired) electrons. The van der Waals surface area contributed by atoms with Crippen LogP contribution in [0, 0.1) is 18.3 Å². The van der Waals surface area contributed by atoms with Gasteiger partial charge in [0.2, 0.25) is 0 Å². The number of rotatable bonds is 5.